The normalized spacial score (nSPS) is 21.5. The maximum Gasteiger partial charge on any atom is 0.244 e. The smallest absolute Gasteiger partial charge is 0.244 e. The van der Waals surface area contributed by atoms with Crippen LogP contribution in [0.2, 0.25) is 0 Å². The third kappa shape index (κ3) is 3.16. The number of nitrogens with two attached hydrogens (primary N) is 1. The summed E-state index contributed by atoms with van der Waals surface area (Å²) in [7, 11) is 3.39. The fourth-order valence-electron chi connectivity index (χ4n) is 2.70. The Morgan fingerprint density at radius 1 is 1.45 bits per heavy atom. The Labute approximate surface area is 119 Å². The second-order valence-corrected chi connectivity index (χ2v) is 5.55. The molecule has 0 spiro atoms. The molecular weight excluding hydrogens is 257 g/mol. The molecular formula is C15H22FN3O. The zero-order valence-corrected chi connectivity index (χ0v) is 12.1. The highest BCUT2D eigenvalue weighted by Crippen LogP contribution is 2.27. The number of hydrogen-bond acceptors (Lipinski definition) is 3. The molecule has 1 unspecified atom stereocenters. The molecule has 2 rings (SSSR count). The van der Waals surface area contributed by atoms with Gasteiger partial charge in [-0.2, -0.15) is 0 Å². The second-order valence-electron chi connectivity index (χ2n) is 5.55. The van der Waals surface area contributed by atoms with E-state index in [2.05, 4.69) is 0 Å². The molecule has 5 heteroatoms. The third-order valence-electron chi connectivity index (χ3n) is 3.73. The number of rotatable bonds is 3. The van der Waals surface area contributed by atoms with Crippen molar-refractivity contribution < 1.29 is 9.18 Å². The highest BCUT2D eigenvalue weighted by molar-refractivity contribution is 5.83. The molecule has 0 aromatic heterocycles. The first-order chi connectivity index (χ1) is 9.50. The van der Waals surface area contributed by atoms with E-state index in [-0.39, 0.29) is 17.8 Å². The average Bonchev–Trinajstić information content (AvgIpc) is 2.41. The molecule has 110 valence electrons. The molecule has 2 N–H and O–H groups in total. The van der Waals surface area contributed by atoms with Gasteiger partial charge in [0.2, 0.25) is 5.91 Å². The molecule has 0 saturated carbocycles. The van der Waals surface area contributed by atoms with Gasteiger partial charge in [0.1, 0.15) is 11.9 Å². The first kappa shape index (κ1) is 14.9. The summed E-state index contributed by atoms with van der Waals surface area (Å²) in [6, 6.07) is 5.94. The topological polar surface area (TPSA) is 49.6 Å². The maximum absolute atomic E-state index is 14.1. The predicted molar refractivity (Wildman–Crippen MR) is 76.6 cm³/mol. The van der Waals surface area contributed by atoms with E-state index in [1.54, 1.807) is 32.3 Å². The number of piperidine rings is 1. The van der Waals surface area contributed by atoms with Gasteiger partial charge in [0.05, 0.1) is 0 Å². The van der Waals surface area contributed by atoms with E-state index in [0.717, 1.165) is 19.4 Å². The zero-order valence-electron chi connectivity index (χ0n) is 12.1. The van der Waals surface area contributed by atoms with E-state index in [9.17, 15) is 9.18 Å². The van der Waals surface area contributed by atoms with Crippen LogP contribution in [0.5, 0.6) is 0 Å². The van der Waals surface area contributed by atoms with Crippen LogP contribution in [0, 0.1) is 5.82 Å². The van der Waals surface area contributed by atoms with Crippen LogP contribution in [0.1, 0.15) is 24.4 Å². The summed E-state index contributed by atoms with van der Waals surface area (Å²) >= 11 is 0. The number of likely N-dealkylation sites (N-methyl/N-ethyl adjacent to an activating group) is 1. The minimum absolute atomic E-state index is 0.0491. The van der Waals surface area contributed by atoms with Crippen LogP contribution in [0.15, 0.2) is 24.3 Å². The first-order valence-electron chi connectivity index (χ1n) is 6.96. The van der Waals surface area contributed by atoms with Gasteiger partial charge in [0.25, 0.3) is 0 Å². The Balaban J connectivity index is 2.34. The van der Waals surface area contributed by atoms with Crippen LogP contribution in [-0.4, -0.2) is 48.9 Å². The van der Waals surface area contributed by atoms with Crippen molar-refractivity contribution in [2.45, 2.75) is 24.9 Å². The van der Waals surface area contributed by atoms with Crippen molar-refractivity contribution in [2.24, 2.45) is 5.73 Å². The minimum atomic E-state index is -0.586. The van der Waals surface area contributed by atoms with Crippen molar-refractivity contribution in [1.82, 2.24) is 9.80 Å². The molecule has 0 aliphatic carbocycles. The lowest BCUT2D eigenvalue weighted by Crippen LogP contribution is -2.48. The molecule has 1 fully saturated rings. The van der Waals surface area contributed by atoms with Crippen LogP contribution >= 0.6 is 0 Å². The summed E-state index contributed by atoms with van der Waals surface area (Å²) in [6.45, 7) is 1.39. The molecule has 1 aliphatic rings. The molecule has 1 amide bonds. The lowest BCUT2D eigenvalue weighted by atomic mass is 9.98. The third-order valence-corrected chi connectivity index (χ3v) is 3.73. The number of benzene rings is 1. The summed E-state index contributed by atoms with van der Waals surface area (Å²) in [5.74, 6) is -0.448. The standard InChI is InChI=1S/C15H22FN3O/c1-18(2)15(20)14(12-7-3-4-8-13(12)16)19-9-5-6-11(17)10-19/h3-4,7-8,11,14H,5-6,9-10,17H2,1-2H3/t11-,14?/m1/s1. The predicted octanol–water partition coefficient (Wildman–Crippen LogP) is 1.38. The Kier molecular flexibility index (Phi) is 4.73. The van der Waals surface area contributed by atoms with Crippen molar-refractivity contribution in [1.29, 1.82) is 0 Å². The van der Waals surface area contributed by atoms with Crippen LogP contribution in [0.3, 0.4) is 0 Å². The molecule has 1 aromatic carbocycles. The lowest BCUT2D eigenvalue weighted by Gasteiger charge is -2.37. The number of amides is 1. The molecule has 20 heavy (non-hydrogen) atoms. The van der Waals surface area contributed by atoms with Gasteiger partial charge in [-0.3, -0.25) is 9.69 Å². The summed E-state index contributed by atoms with van der Waals surface area (Å²) in [5.41, 5.74) is 6.43. The Hall–Kier alpha value is -1.46. The molecule has 1 aliphatic heterocycles. The maximum atomic E-state index is 14.1. The molecule has 1 saturated heterocycles. The molecule has 1 aromatic rings. The number of hydrogen-bond donors (Lipinski definition) is 1. The summed E-state index contributed by atoms with van der Waals surface area (Å²) in [6.07, 6.45) is 1.89. The highest BCUT2D eigenvalue weighted by Gasteiger charge is 2.33. The summed E-state index contributed by atoms with van der Waals surface area (Å²) in [5, 5.41) is 0. The van der Waals surface area contributed by atoms with Crippen molar-refractivity contribution in [3.8, 4) is 0 Å². The van der Waals surface area contributed by atoms with Crippen molar-refractivity contribution in [3.05, 3.63) is 35.6 Å². The quantitative estimate of drug-likeness (QED) is 0.909. The average molecular weight is 279 g/mol. The molecule has 4 nitrogen and oxygen atoms in total. The van der Waals surface area contributed by atoms with Crippen molar-refractivity contribution >= 4 is 5.91 Å². The number of halogens is 1. The summed E-state index contributed by atoms with van der Waals surface area (Å²) in [4.78, 5) is 16.0. The van der Waals surface area contributed by atoms with Gasteiger partial charge >= 0.3 is 0 Å². The van der Waals surface area contributed by atoms with Gasteiger partial charge in [-0.15, -0.1) is 0 Å². The van der Waals surface area contributed by atoms with Crippen LogP contribution in [-0.2, 0) is 4.79 Å². The van der Waals surface area contributed by atoms with E-state index in [1.807, 2.05) is 4.90 Å². The van der Waals surface area contributed by atoms with Crippen molar-refractivity contribution in [2.75, 3.05) is 27.2 Å². The Morgan fingerprint density at radius 2 is 2.15 bits per heavy atom. The van der Waals surface area contributed by atoms with E-state index in [0.29, 0.717) is 12.1 Å². The van der Waals surface area contributed by atoms with Gasteiger partial charge in [-0.1, -0.05) is 18.2 Å². The summed E-state index contributed by atoms with van der Waals surface area (Å²) < 4.78 is 14.1. The van der Waals surface area contributed by atoms with Gasteiger partial charge in [-0.25, -0.2) is 4.39 Å². The first-order valence-corrected chi connectivity index (χ1v) is 6.96. The van der Waals surface area contributed by atoms with E-state index in [1.165, 1.54) is 11.0 Å². The second kappa shape index (κ2) is 6.33. The fourth-order valence-corrected chi connectivity index (χ4v) is 2.70. The Bertz CT molecular complexity index is 478. The minimum Gasteiger partial charge on any atom is -0.347 e. The zero-order chi connectivity index (χ0) is 14.7. The highest BCUT2D eigenvalue weighted by atomic mass is 19.1. The lowest BCUT2D eigenvalue weighted by molar-refractivity contribution is -0.135. The molecule has 2 atom stereocenters. The molecule has 0 radical (unpaired) electrons. The molecule has 1 heterocycles. The largest absolute Gasteiger partial charge is 0.347 e. The monoisotopic (exact) mass is 279 g/mol. The van der Waals surface area contributed by atoms with E-state index in [4.69, 9.17) is 5.73 Å². The van der Waals surface area contributed by atoms with Crippen LogP contribution in [0.25, 0.3) is 0 Å². The number of carbonyl (C=O) groups is 1. The van der Waals surface area contributed by atoms with E-state index < -0.39 is 6.04 Å². The van der Waals surface area contributed by atoms with Crippen LogP contribution in [0.4, 0.5) is 4.39 Å². The van der Waals surface area contributed by atoms with Gasteiger partial charge < -0.3 is 10.6 Å². The van der Waals surface area contributed by atoms with Crippen LogP contribution < -0.4 is 5.73 Å². The van der Waals surface area contributed by atoms with Crippen molar-refractivity contribution in [3.63, 3.8) is 0 Å². The Morgan fingerprint density at radius 3 is 2.75 bits per heavy atom. The number of nitrogens with zero attached hydrogens (tertiary/aromatic N) is 2. The van der Waals surface area contributed by atoms with Gasteiger partial charge in [0, 0.05) is 32.2 Å². The molecule has 0 bridgehead atoms. The SMILES string of the molecule is CN(C)C(=O)C(c1ccccc1F)N1CCC[C@@H](N)C1. The fraction of sp³-hybridized carbons (Fsp3) is 0.533. The van der Waals surface area contributed by atoms with Gasteiger partial charge in [-0.05, 0) is 25.5 Å². The van der Waals surface area contributed by atoms with Gasteiger partial charge in [0.15, 0.2) is 0 Å². The van der Waals surface area contributed by atoms with E-state index >= 15 is 0 Å². The number of likely N-dealkylation sites (tertiary alicyclic amines) is 1. The number of carbonyl (C=O) groups excluding carboxylic acids is 1.